The number of nitrogens with two attached hydrogens (primary N) is 1. The summed E-state index contributed by atoms with van der Waals surface area (Å²) in [6.07, 6.45) is 14.0. The van der Waals surface area contributed by atoms with Crippen molar-refractivity contribution in [3.8, 4) is 11.3 Å². The molecule has 3 fully saturated rings. The van der Waals surface area contributed by atoms with E-state index in [4.69, 9.17) is 5.73 Å². The Morgan fingerprint density at radius 3 is 2.41 bits per heavy atom. The van der Waals surface area contributed by atoms with E-state index in [2.05, 4.69) is 30.2 Å². The van der Waals surface area contributed by atoms with Crippen molar-refractivity contribution in [2.24, 2.45) is 11.8 Å². The molecule has 0 aromatic carbocycles. The minimum absolute atomic E-state index is 0. The second-order valence-corrected chi connectivity index (χ2v) is 10.8. The van der Waals surface area contributed by atoms with Gasteiger partial charge in [-0.2, -0.15) is 5.10 Å². The fourth-order valence-corrected chi connectivity index (χ4v) is 6.02. The zero-order chi connectivity index (χ0) is 24.9. The maximum atomic E-state index is 11.3. The lowest BCUT2D eigenvalue weighted by molar-refractivity contribution is 0.0691. The summed E-state index contributed by atoms with van der Waals surface area (Å²) in [4.78, 5) is 24.8. The van der Waals surface area contributed by atoms with Gasteiger partial charge in [-0.25, -0.2) is 14.8 Å². The van der Waals surface area contributed by atoms with Crippen LogP contribution in [0.4, 0.5) is 5.82 Å². The van der Waals surface area contributed by atoms with Gasteiger partial charge < -0.3 is 26.0 Å². The maximum absolute atomic E-state index is 11.3. The topological polar surface area (TPSA) is 125 Å². The molecule has 2 aromatic rings. The lowest BCUT2D eigenvalue weighted by Gasteiger charge is -2.37. The average molecular weight is 533 g/mol. The highest BCUT2D eigenvalue weighted by molar-refractivity contribution is 5.90. The third kappa shape index (κ3) is 7.19. The number of rotatable bonds is 8. The fraction of sp³-hybridized carbons (Fsp3) is 0.692. The Labute approximate surface area is 225 Å². The predicted octanol–water partition coefficient (Wildman–Crippen LogP) is 2.78. The van der Waals surface area contributed by atoms with Crippen LogP contribution in [0.15, 0.2) is 18.6 Å². The molecule has 2 aromatic heterocycles. The molecule has 3 aliphatic rings. The number of nitrogens with one attached hydrogen (secondary N) is 1. The molecule has 0 amide bonds. The first-order chi connectivity index (χ1) is 17.5. The SMILES string of the molecule is Cl.Nc1ncc(-c2cnn(C3CCN(CCC4CCN(CC5CCNCC5)CC4)CC3)c2)nc1C(=O)O. The summed E-state index contributed by atoms with van der Waals surface area (Å²) in [5.41, 5.74) is 6.65. The Morgan fingerprint density at radius 2 is 1.70 bits per heavy atom. The van der Waals surface area contributed by atoms with Crippen LogP contribution in [0.5, 0.6) is 0 Å². The van der Waals surface area contributed by atoms with Gasteiger partial charge in [-0.05, 0) is 89.5 Å². The van der Waals surface area contributed by atoms with Crippen molar-refractivity contribution in [3.63, 3.8) is 0 Å². The zero-order valence-corrected chi connectivity index (χ0v) is 22.4. The molecule has 204 valence electrons. The molecule has 5 heterocycles. The molecule has 11 heteroatoms. The van der Waals surface area contributed by atoms with Crippen LogP contribution >= 0.6 is 12.4 Å². The standard InChI is InChI=1S/C26H40N8O2.ClH/c27-25-24(26(35)36)31-23(16-29-25)21-15-30-34(18-21)22-6-13-32(14-7-22)10-3-19-4-11-33(12-5-19)17-20-1-8-28-9-2-20;/h15-16,18-20,22,28H,1-14,17H2,(H2,27,29)(H,35,36);1H. The number of carbonyl (C=O) groups is 1. The number of nitrogens with zero attached hydrogens (tertiary/aromatic N) is 6. The summed E-state index contributed by atoms with van der Waals surface area (Å²) in [6.45, 7) is 9.67. The number of carboxylic acid groups (broad SMARTS) is 1. The van der Waals surface area contributed by atoms with Crippen LogP contribution < -0.4 is 11.1 Å². The van der Waals surface area contributed by atoms with E-state index in [1.54, 1.807) is 6.20 Å². The van der Waals surface area contributed by atoms with Crippen molar-refractivity contribution in [1.82, 2.24) is 34.9 Å². The number of carboxylic acids is 1. The number of anilines is 1. The van der Waals surface area contributed by atoms with Gasteiger partial charge in [0.15, 0.2) is 11.5 Å². The molecular formula is C26H41ClN8O2. The molecular weight excluding hydrogens is 492 g/mol. The van der Waals surface area contributed by atoms with Gasteiger partial charge in [0.2, 0.25) is 0 Å². The van der Waals surface area contributed by atoms with Gasteiger partial charge in [-0.1, -0.05) is 0 Å². The Bertz CT molecular complexity index is 1010. The van der Waals surface area contributed by atoms with Crippen LogP contribution in [0.25, 0.3) is 11.3 Å². The van der Waals surface area contributed by atoms with E-state index in [1.165, 1.54) is 77.6 Å². The van der Waals surface area contributed by atoms with Gasteiger partial charge in [0.1, 0.15) is 0 Å². The maximum Gasteiger partial charge on any atom is 0.358 e. The Morgan fingerprint density at radius 1 is 1.00 bits per heavy atom. The number of halogens is 1. The van der Waals surface area contributed by atoms with Gasteiger partial charge in [-0.3, -0.25) is 4.68 Å². The normalized spacial score (nSPS) is 21.1. The van der Waals surface area contributed by atoms with Crippen LogP contribution in [0.1, 0.15) is 61.5 Å². The lowest BCUT2D eigenvalue weighted by Crippen LogP contribution is -2.41. The highest BCUT2D eigenvalue weighted by Crippen LogP contribution is 2.27. The van der Waals surface area contributed by atoms with Crippen LogP contribution in [0, 0.1) is 11.8 Å². The van der Waals surface area contributed by atoms with E-state index in [0.29, 0.717) is 11.7 Å². The Hall–Kier alpha value is -2.27. The third-order valence-electron chi connectivity index (χ3n) is 8.37. The largest absolute Gasteiger partial charge is 0.476 e. The number of hydrogen-bond acceptors (Lipinski definition) is 8. The molecule has 10 nitrogen and oxygen atoms in total. The summed E-state index contributed by atoms with van der Waals surface area (Å²) in [5.74, 6) is 0.521. The predicted molar refractivity (Wildman–Crippen MR) is 146 cm³/mol. The smallest absolute Gasteiger partial charge is 0.358 e. The summed E-state index contributed by atoms with van der Waals surface area (Å²) < 4.78 is 2.00. The molecule has 0 aliphatic carbocycles. The van der Waals surface area contributed by atoms with Gasteiger partial charge in [-0.15, -0.1) is 12.4 Å². The number of aromatic carboxylic acids is 1. The minimum Gasteiger partial charge on any atom is -0.476 e. The van der Waals surface area contributed by atoms with Crippen molar-refractivity contribution >= 4 is 24.2 Å². The van der Waals surface area contributed by atoms with Crippen LogP contribution in [0.2, 0.25) is 0 Å². The second-order valence-electron chi connectivity index (χ2n) is 10.8. The van der Waals surface area contributed by atoms with Crippen molar-refractivity contribution in [1.29, 1.82) is 0 Å². The highest BCUT2D eigenvalue weighted by Gasteiger charge is 2.25. The van der Waals surface area contributed by atoms with Crippen LogP contribution in [-0.4, -0.2) is 93.0 Å². The summed E-state index contributed by atoms with van der Waals surface area (Å²) >= 11 is 0. The lowest BCUT2D eigenvalue weighted by atomic mass is 9.91. The summed E-state index contributed by atoms with van der Waals surface area (Å²) in [7, 11) is 0. The van der Waals surface area contributed by atoms with Crippen LogP contribution in [0.3, 0.4) is 0 Å². The molecule has 0 radical (unpaired) electrons. The van der Waals surface area contributed by atoms with Crippen molar-refractivity contribution < 1.29 is 9.90 Å². The van der Waals surface area contributed by atoms with E-state index < -0.39 is 5.97 Å². The molecule has 37 heavy (non-hydrogen) atoms. The van der Waals surface area contributed by atoms with Crippen molar-refractivity contribution in [2.75, 3.05) is 58.1 Å². The Kier molecular flexibility index (Phi) is 9.75. The van der Waals surface area contributed by atoms with E-state index in [0.717, 1.165) is 43.3 Å². The van der Waals surface area contributed by atoms with Gasteiger partial charge in [0.05, 0.1) is 24.1 Å². The number of likely N-dealkylation sites (tertiary alicyclic amines) is 2. The minimum atomic E-state index is -1.18. The number of piperidine rings is 3. The number of hydrogen-bond donors (Lipinski definition) is 3. The van der Waals surface area contributed by atoms with Gasteiger partial charge >= 0.3 is 5.97 Å². The molecule has 4 N–H and O–H groups in total. The van der Waals surface area contributed by atoms with E-state index >= 15 is 0 Å². The molecule has 0 atom stereocenters. The first-order valence-electron chi connectivity index (χ1n) is 13.6. The first-order valence-corrected chi connectivity index (χ1v) is 13.6. The zero-order valence-electron chi connectivity index (χ0n) is 21.6. The van der Waals surface area contributed by atoms with Gasteiger partial charge in [0, 0.05) is 31.4 Å². The Balaban J connectivity index is 0.00000320. The summed E-state index contributed by atoms with van der Waals surface area (Å²) in [5, 5.41) is 17.3. The molecule has 0 unspecified atom stereocenters. The second kappa shape index (κ2) is 13.0. The highest BCUT2D eigenvalue weighted by atomic mass is 35.5. The molecule has 3 saturated heterocycles. The number of nitrogen functional groups attached to an aromatic ring is 1. The van der Waals surface area contributed by atoms with E-state index in [9.17, 15) is 9.90 Å². The molecule has 0 bridgehead atoms. The summed E-state index contributed by atoms with van der Waals surface area (Å²) in [6, 6.07) is 0.355. The molecule has 0 spiro atoms. The monoisotopic (exact) mass is 532 g/mol. The van der Waals surface area contributed by atoms with Crippen molar-refractivity contribution in [3.05, 3.63) is 24.3 Å². The number of aromatic nitrogens is 4. The average Bonchev–Trinajstić information content (AvgIpc) is 3.40. The third-order valence-corrected chi connectivity index (χ3v) is 8.37. The first kappa shape index (κ1) is 27.8. The quantitative estimate of drug-likeness (QED) is 0.470. The van der Waals surface area contributed by atoms with E-state index in [1.807, 2.05) is 10.9 Å². The molecule has 3 aliphatic heterocycles. The fourth-order valence-electron chi connectivity index (χ4n) is 6.02. The van der Waals surface area contributed by atoms with E-state index in [-0.39, 0.29) is 23.9 Å². The van der Waals surface area contributed by atoms with Crippen LogP contribution in [-0.2, 0) is 0 Å². The molecule has 0 saturated carbocycles. The van der Waals surface area contributed by atoms with Crippen molar-refractivity contribution in [2.45, 2.75) is 51.0 Å². The molecule has 5 rings (SSSR count). The van der Waals surface area contributed by atoms with Gasteiger partial charge in [0.25, 0.3) is 0 Å².